The molecule has 1 aromatic carbocycles. The lowest BCUT2D eigenvalue weighted by molar-refractivity contribution is -0.127. The fourth-order valence-electron chi connectivity index (χ4n) is 4.08. The summed E-state index contributed by atoms with van der Waals surface area (Å²) >= 11 is 0. The maximum Gasteiger partial charge on any atom is 0.136 e. The first-order valence-corrected chi connectivity index (χ1v) is 7.92. The standard InChI is InChI=1S/C18H24O/c19-18-12-11-16(14-7-3-1-4-8-14)13-17(18)15-9-5-2-6-10-15/h1,3-4,7-8,15-17H,2,5-6,9-13H2. The average Bonchev–Trinajstić information content (AvgIpc) is 2.49. The van der Waals surface area contributed by atoms with Gasteiger partial charge in [0.1, 0.15) is 5.78 Å². The largest absolute Gasteiger partial charge is 0.299 e. The molecule has 1 aromatic rings. The zero-order chi connectivity index (χ0) is 13.1. The van der Waals surface area contributed by atoms with Crippen molar-refractivity contribution in [1.82, 2.24) is 0 Å². The molecule has 0 heterocycles. The van der Waals surface area contributed by atoms with Crippen LogP contribution in [0.1, 0.15) is 62.8 Å². The normalized spacial score (nSPS) is 29.4. The molecule has 0 radical (unpaired) electrons. The van der Waals surface area contributed by atoms with Crippen molar-refractivity contribution in [2.75, 3.05) is 0 Å². The van der Waals surface area contributed by atoms with E-state index in [4.69, 9.17) is 0 Å². The van der Waals surface area contributed by atoms with Gasteiger partial charge in [0.15, 0.2) is 0 Å². The number of benzene rings is 1. The van der Waals surface area contributed by atoms with Crippen molar-refractivity contribution in [3.05, 3.63) is 35.9 Å². The van der Waals surface area contributed by atoms with E-state index in [1.54, 1.807) is 0 Å². The average molecular weight is 256 g/mol. The maximum absolute atomic E-state index is 12.3. The molecule has 0 N–H and O–H groups in total. The third-order valence-corrected chi connectivity index (χ3v) is 5.18. The van der Waals surface area contributed by atoms with Crippen molar-refractivity contribution in [1.29, 1.82) is 0 Å². The number of hydrogen-bond donors (Lipinski definition) is 0. The third-order valence-electron chi connectivity index (χ3n) is 5.18. The third kappa shape index (κ3) is 2.91. The van der Waals surface area contributed by atoms with Crippen molar-refractivity contribution in [2.45, 2.75) is 57.3 Å². The zero-order valence-corrected chi connectivity index (χ0v) is 11.7. The molecule has 102 valence electrons. The Morgan fingerprint density at radius 1 is 0.895 bits per heavy atom. The highest BCUT2D eigenvalue weighted by molar-refractivity contribution is 5.82. The van der Waals surface area contributed by atoms with Crippen molar-refractivity contribution >= 4 is 5.78 Å². The van der Waals surface area contributed by atoms with Gasteiger partial charge in [-0.2, -0.15) is 0 Å². The van der Waals surface area contributed by atoms with E-state index in [0.717, 1.165) is 19.3 Å². The Morgan fingerprint density at radius 3 is 2.37 bits per heavy atom. The molecule has 19 heavy (non-hydrogen) atoms. The summed E-state index contributed by atoms with van der Waals surface area (Å²) in [5.74, 6) is 2.22. The SMILES string of the molecule is O=C1CCC(c2ccccc2)CC1C1CCCCC1. The number of rotatable bonds is 2. The molecule has 2 atom stereocenters. The molecule has 0 aromatic heterocycles. The summed E-state index contributed by atoms with van der Waals surface area (Å²) < 4.78 is 0. The summed E-state index contributed by atoms with van der Waals surface area (Å²) in [4.78, 5) is 12.3. The number of carbonyl (C=O) groups excluding carboxylic acids is 1. The van der Waals surface area contributed by atoms with E-state index >= 15 is 0 Å². The molecule has 0 saturated heterocycles. The highest BCUT2D eigenvalue weighted by Gasteiger charge is 2.35. The first kappa shape index (κ1) is 12.9. The molecule has 2 fully saturated rings. The van der Waals surface area contributed by atoms with Gasteiger partial charge in [0, 0.05) is 12.3 Å². The minimum atomic E-state index is 0.360. The van der Waals surface area contributed by atoms with Crippen LogP contribution in [0.4, 0.5) is 0 Å². The maximum atomic E-state index is 12.3. The molecule has 1 nitrogen and oxygen atoms in total. The Kier molecular flexibility index (Phi) is 4.00. The van der Waals surface area contributed by atoms with Crippen LogP contribution in [-0.4, -0.2) is 5.78 Å². The molecule has 2 unspecified atom stereocenters. The number of Topliss-reactive ketones (excluding diaryl/α,β-unsaturated/α-hetero) is 1. The van der Waals surface area contributed by atoms with E-state index in [2.05, 4.69) is 30.3 Å². The van der Waals surface area contributed by atoms with E-state index in [1.165, 1.54) is 37.7 Å². The minimum absolute atomic E-state index is 0.360. The van der Waals surface area contributed by atoms with E-state index in [1.807, 2.05) is 0 Å². The first-order valence-electron chi connectivity index (χ1n) is 7.92. The second kappa shape index (κ2) is 5.90. The zero-order valence-electron chi connectivity index (χ0n) is 11.7. The molecule has 1 heteroatoms. The summed E-state index contributed by atoms with van der Waals surface area (Å²) in [5, 5.41) is 0. The van der Waals surface area contributed by atoms with Gasteiger partial charge in [-0.25, -0.2) is 0 Å². The highest BCUT2D eigenvalue weighted by atomic mass is 16.1. The van der Waals surface area contributed by atoms with Crippen LogP contribution in [0, 0.1) is 11.8 Å². The van der Waals surface area contributed by atoms with Crippen LogP contribution in [0.25, 0.3) is 0 Å². The van der Waals surface area contributed by atoms with Gasteiger partial charge in [0.2, 0.25) is 0 Å². The number of carbonyl (C=O) groups is 1. The van der Waals surface area contributed by atoms with Gasteiger partial charge >= 0.3 is 0 Å². The predicted molar refractivity (Wildman–Crippen MR) is 78.1 cm³/mol. The van der Waals surface area contributed by atoms with Gasteiger partial charge in [-0.05, 0) is 43.1 Å². The second-order valence-corrected chi connectivity index (χ2v) is 6.35. The van der Waals surface area contributed by atoms with Crippen LogP contribution in [0.15, 0.2) is 30.3 Å². The van der Waals surface area contributed by atoms with Gasteiger partial charge in [0.05, 0.1) is 0 Å². The number of hydrogen-bond acceptors (Lipinski definition) is 1. The van der Waals surface area contributed by atoms with Crippen molar-refractivity contribution in [3.63, 3.8) is 0 Å². The Morgan fingerprint density at radius 2 is 1.63 bits per heavy atom. The Hall–Kier alpha value is -1.11. The Balaban J connectivity index is 1.71. The van der Waals surface area contributed by atoms with Gasteiger partial charge in [0.25, 0.3) is 0 Å². The van der Waals surface area contributed by atoms with Crippen LogP contribution < -0.4 is 0 Å². The summed E-state index contributed by atoms with van der Waals surface area (Å²) in [7, 11) is 0. The van der Waals surface area contributed by atoms with E-state index in [9.17, 15) is 4.79 Å². The summed E-state index contributed by atoms with van der Waals surface area (Å²) in [6.45, 7) is 0. The molecular formula is C18H24O. The molecule has 0 amide bonds. The molecule has 2 aliphatic carbocycles. The molecule has 2 aliphatic rings. The van der Waals surface area contributed by atoms with Crippen LogP contribution in [-0.2, 0) is 4.79 Å². The smallest absolute Gasteiger partial charge is 0.136 e. The van der Waals surface area contributed by atoms with E-state index in [-0.39, 0.29) is 0 Å². The monoisotopic (exact) mass is 256 g/mol. The van der Waals surface area contributed by atoms with E-state index in [0.29, 0.717) is 23.5 Å². The quantitative estimate of drug-likeness (QED) is 0.748. The lowest BCUT2D eigenvalue weighted by Crippen LogP contribution is -2.31. The Bertz CT molecular complexity index is 417. The van der Waals surface area contributed by atoms with Crippen molar-refractivity contribution in [2.24, 2.45) is 11.8 Å². The summed E-state index contributed by atoms with van der Waals surface area (Å²) in [5.41, 5.74) is 1.44. The van der Waals surface area contributed by atoms with Crippen LogP contribution in [0.3, 0.4) is 0 Å². The molecule has 0 bridgehead atoms. The fraction of sp³-hybridized carbons (Fsp3) is 0.611. The van der Waals surface area contributed by atoms with Crippen LogP contribution in [0.2, 0.25) is 0 Å². The highest BCUT2D eigenvalue weighted by Crippen LogP contribution is 2.41. The van der Waals surface area contributed by atoms with Gasteiger partial charge in [-0.3, -0.25) is 4.79 Å². The molecule has 0 aliphatic heterocycles. The number of ketones is 1. The van der Waals surface area contributed by atoms with Crippen LogP contribution >= 0.6 is 0 Å². The van der Waals surface area contributed by atoms with Gasteiger partial charge < -0.3 is 0 Å². The first-order chi connectivity index (χ1) is 9.34. The predicted octanol–water partition coefficient (Wildman–Crippen LogP) is 4.72. The summed E-state index contributed by atoms with van der Waals surface area (Å²) in [6, 6.07) is 10.8. The van der Waals surface area contributed by atoms with Gasteiger partial charge in [-0.1, -0.05) is 49.6 Å². The minimum Gasteiger partial charge on any atom is -0.299 e. The molecule has 0 spiro atoms. The Labute approximate surface area is 116 Å². The topological polar surface area (TPSA) is 17.1 Å². The summed E-state index contributed by atoms with van der Waals surface area (Å²) in [6.07, 6.45) is 9.60. The second-order valence-electron chi connectivity index (χ2n) is 6.35. The molecule has 3 rings (SSSR count). The van der Waals surface area contributed by atoms with Crippen molar-refractivity contribution in [3.8, 4) is 0 Å². The molecule has 2 saturated carbocycles. The molecular weight excluding hydrogens is 232 g/mol. The lowest BCUT2D eigenvalue weighted by atomic mass is 9.68. The fourth-order valence-corrected chi connectivity index (χ4v) is 4.08. The van der Waals surface area contributed by atoms with Gasteiger partial charge in [-0.15, -0.1) is 0 Å². The van der Waals surface area contributed by atoms with E-state index < -0.39 is 0 Å². The van der Waals surface area contributed by atoms with Crippen molar-refractivity contribution < 1.29 is 4.79 Å². The lowest BCUT2D eigenvalue weighted by Gasteiger charge is -2.35. The van der Waals surface area contributed by atoms with Crippen LogP contribution in [0.5, 0.6) is 0 Å².